The number of quaternary nitrogens is 1. The van der Waals surface area contributed by atoms with Gasteiger partial charge in [-0.1, -0.05) is 29.5 Å². The summed E-state index contributed by atoms with van der Waals surface area (Å²) in [7, 11) is 4.18. The van der Waals surface area contributed by atoms with Crippen molar-refractivity contribution in [2.75, 3.05) is 31.7 Å². The first-order valence-corrected chi connectivity index (χ1v) is 11.7. The number of nitrogens with zero attached hydrogens (tertiary/aromatic N) is 2. The van der Waals surface area contributed by atoms with Crippen LogP contribution >= 0.6 is 11.8 Å². The topological polar surface area (TPSA) is 68.4 Å². The molecule has 0 spiro atoms. The Hall–Kier alpha value is -2.12. The van der Waals surface area contributed by atoms with E-state index >= 15 is 0 Å². The number of nitrogens with one attached hydrogen (secondary N) is 2. The van der Waals surface area contributed by atoms with Crippen molar-refractivity contribution in [3.63, 3.8) is 0 Å². The van der Waals surface area contributed by atoms with E-state index in [2.05, 4.69) is 43.5 Å². The van der Waals surface area contributed by atoms with Crippen LogP contribution in [0, 0.1) is 20.8 Å². The number of amides is 1. The van der Waals surface area contributed by atoms with Gasteiger partial charge in [-0.05, 0) is 57.6 Å². The summed E-state index contributed by atoms with van der Waals surface area (Å²) in [5, 5.41) is 3.77. The van der Waals surface area contributed by atoms with E-state index in [1.54, 1.807) is 0 Å². The molecule has 1 aromatic carbocycles. The highest BCUT2D eigenvalue weighted by Gasteiger charge is 2.21. The van der Waals surface area contributed by atoms with Crippen LogP contribution in [-0.2, 0) is 24.2 Å². The highest BCUT2D eigenvalue weighted by atomic mass is 32.2. The predicted molar refractivity (Wildman–Crippen MR) is 123 cm³/mol. The Morgan fingerprint density at radius 3 is 2.50 bits per heavy atom. The Kier molecular flexibility index (Phi) is 7.36. The third-order valence-corrected chi connectivity index (χ3v) is 6.59. The summed E-state index contributed by atoms with van der Waals surface area (Å²) in [6.45, 7) is 7.65. The predicted octanol–water partition coefficient (Wildman–Crippen LogP) is 1.92. The first-order valence-electron chi connectivity index (χ1n) is 10.7. The normalized spacial score (nSPS) is 13.4. The number of hydrogen-bond acceptors (Lipinski definition) is 4. The van der Waals surface area contributed by atoms with E-state index in [-0.39, 0.29) is 17.3 Å². The molecule has 1 aromatic heterocycles. The lowest BCUT2D eigenvalue weighted by atomic mass is 9.97. The Morgan fingerprint density at radius 2 is 1.83 bits per heavy atom. The van der Waals surface area contributed by atoms with Crippen molar-refractivity contribution in [1.29, 1.82) is 0 Å². The average molecular weight is 430 g/mol. The molecule has 1 amide bonds. The lowest BCUT2D eigenvalue weighted by molar-refractivity contribution is -0.859. The maximum absolute atomic E-state index is 12.7. The number of anilines is 1. The van der Waals surface area contributed by atoms with E-state index in [9.17, 15) is 9.59 Å². The van der Waals surface area contributed by atoms with Crippen molar-refractivity contribution in [3.05, 3.63) is 50.6 Å². The maximum atomic E-state index is 12.7. The number of carbonyl (C=O) groups is 1. The van der Waals surface area contributed by atoms with Gasteiger partial charge < -0.3 is 10.2 Å². The van der Waals surface area contributed by atoms with Crippen molar-refractivity contribution < 1.29 is 9.69 Å². The quantitative estimate of drug-likeness (QED) is 0.521. The summed E-state index contributed by atoms with van der Waals surface area (Å²) in [5.41, 5.74) is 6.28. The van der Waals surface area contributed by atoms with Crippen LogP contribution in [0.1, 0.15) is 40.8 Å². The molecule has 0 unspecified atom stereocenters. The summed E-state index contributed by atoms with van der Waals surface area (Å²) in [4.78, 5) is 31.0. The molecule has 0 fully saturated rings. The SMILES string of the molecule is Cc1cc(C)c(NC(=O)CSc2nc(=O)n(CC[NH+](C)C)c3c2CCCC3)c(C)c1. The minimum atomic E-state index is -0.190. The summed E-state index contributed by atoms with van der Waals surface area (Å²) in [6, 6.07) is 4.14. The second-order valence-electron chi connectivity index (χ2n) is 8.55. The summed E-state index contributed by atoms with van der Waals surface area (Å²) in [5.74, 6) is 0.180. The van der Waals surface area contributed by atoms with Gasteiger partial charge in [0, 0.05) is 16.9 Å². The van der Waals surface area contributed by atoms with E-state index in [4.69, 9.17) is 0 Å². The molecular formula is C23H33N4O2S+. The molecule has 3 rings (SSSR count). The van der Waals surface area contributed by atoms with Crippen LogP contribution in [0.25, 0.3) is 0 Å². The molecule has 162 valence electrons. The van der Waals surface area contributed by atoms with Gasteiger partial charge in [-0.25, -0.2) is 4.79 Å². The van der Waals surface area contributed by atoms with Gasteiger partial charge in [0.2, 0.25) is 5.91 Å². The number of aromatic nitrogens is 2. The largest absolute Gasteiger partial charge is 0.349 e. The summed E-state index contributed by atoms with van der Waals surface area (Å²) < 4.78 is 1.85. The Labute approximate surface area is 183 Å². The molecule has 1 aliphatic rings. The van der Waals surface area contributed by atoms with Crippen molar-refractivity contribution in [2.45, 2.75) is 58.0 Å². The van der Waals surface area contributed by atoms with Crippen molar-refractivity contribution in [2.24, 2.45) is 0 Å². The van der Waals surface area contributed by atoms with E-state index in [1.165, 1.54) is 22.2 Å². The number of hydrogen-bond donors (Lipinski definition) is 2. The molecule has 0 radical (unpaired) electrons. The fourth-order valence-corrected chi connectivity index (χ4v) is 5.00. The van der Waals surface area contributed by atoms with E-state index < -0.39 is 0 Å². The molecule has 1 aliphatic carbocycles. The number of aryl methyl sites for hydroxylation is 3. The smallest absolute Gasteiger partial charge is 0.338 e. The van der Waals surface area contributed by atoms with E-state index in [0.29, 0.717) is 6.54 Å². The van der Waals surface area contributed by atoms with Gasteiger partial charge in [-0.2, -0.15) is 4.98 Å². The van der Waals surface area contributed by atoms with Crippen LogP contribution < -0.4 is 15.9 Å². The second-order valence-corrected chi connectivity index (χ2v) is 9.52. The van der Waals surface area contributed by atoms with Crippen LogP contribution in [0.4, 0.5) is 5.69 Å². The summed E-state index contributed by atoms with van der Waals surface area (Å²) >= 11 is 1.38. The standard InChI is InChI=1S/C23H32N4O2S/c1-15-12-16(2)21(17(3)13-15)24-20(28)14-30-22-18-8-6-7-9-19(18)27(23(29)25-22)11-10-26(4)5/h12-13H,6-11,14H2,1-5H3,(H,24,28)/p+1. The lowest BCUT2D eigenvalue weighted by Gasteiger charge is -2.23. The molecule has 0 saturated carbocycles. The molecular weight excluding hydrogens is 396 g/mol. The van der Waals surface area contributed by atoms with Gasteiger partial charge in [-0.3, -0.25) is 9.36 Å². The average Bonchev–Trinajstić information content (AvgIpc) is 2.68. The van der Waals surface area contributed by atoms with Crippen molar-refractivity contribution in [3.8, 4) is 0 Å². The van der Waals surface area contributed by atoms with Crippen LogP contribution in [-0.4, -0.2) is 41.9 Å². The molecule has 2 aromatic rings. The van der Waals surface area contributed by atoms with Gasteiger partial charge in [-0.15, -0.1) is 0 Å². The van der Waals surface area contributed by atoms with Gasteiger partial charge in [0.05, 0.1) is 32.9 Å². The van der Waals surface area contributed by atoms with Crippen LogP contribution in [0.3, 0.4) is 0 Å². The highest BCUT2D eigenvalue weighted by molar-refractivity contribution is 8.00. The van der Waals surface area contributed by atoms with Gasteiger partial charge in [0.1, 0.15) is 5.03 Å². The van der Waals surface area contributed by atoms with E-state index in [1.807, 2.05) is 18.4 Å². The molecule has 0 saturated heterocycles. The van der Waals surface area contributed by atoms with Crippen LogP contribution in [0.15, 0.2) is 22.0 Å². The number of benzene rings is 1. The third kappa shape index (κ3) is 5.32. The minimum absolute atomic E-state index is 0.0678. The fraction of sp³-hybridized carbons (Fsp3) is 0.522. The Morgan fingerprint density at radius 1 is 1.17 bits per heavy atom. The number of likely N-dealkylation sites (N-methyl/N-ethyl adjacent to an activating group) is 1. The lowest BCUT2D eigenvalue weighted by Crippen LogP contribution is -3.06. The summed E-state index contributed by atoms with van der Waals surface area (Å²) in [6.07, 6.45) is 4.05. The monoisotopic (exact) mass is 429 g/mol. The molecule has 30 heavy (non-hydrogen) atoms. The maximum Gasteiger partial charge on any atom is 0.349 e. The second kappa shape index (κ2) is 9.79. The number of fused-ring (bicyclic) bond motifs is 1. The van der Waals surface area contributed by atoms with Gasteiger partial charge in [0.15, 0.2) is 0 Å². The molecule has 7 heteroatoms. The fourth-order valence-electron chi connectivity index (χ4n) is 4.12. The minimum Gasteiger partial charge on any atom is -0.338 e. The molecule has 2 N–H and O–H groups in total. The molecule has 1 heterocycles. The van der Waals surface area contributed by atoms with Gasteiger partial charge in [0.25, 0.3) is 0 Å². The zero-order valence-electron chi connectivity index (χ0n) is 18.7. The van der Waals surface area contributed by atoms with Gasteiger partial charge >= 0.3 is 5.69 Å². The Bertz CT molecular complexity index is 974. The van der Waals surface area contributed by atoms with Crippen molar-refractivity contribution in [1.82, 2.24) is 9.55 Å². The van der Waals surface area contributed by atoms with Crippen molar-refractivity contribution >= 4 is 23.4 Å². The number of carbonyl (C=O) groups excluding carboxylic acids is 1. The van der Waals surface area contributed by atoms with E-state index in [0.717, 1.165) is 65.3 Å². The van der Waals surface area contributed by atoms with Crippen LogP contribution in [0.2, 0.25) is 0 Å². The zero-order chi connectivity index (χ0) is 21.8. The zero-order valence-corrected chi connectivity index (χ0v) is 19.5. The highest BCUT2D eigenvalue weighted by Crippen LogP contribution is 2.29. The third-order valence-electron chi connectivity index (χ3n) is 5.57. The molecule has 0 bridgehead atoms. The number of rotatable bonds is 7. The molecule has 6 nitrogen and oxygen atoms in total. The first-order chi connectivity index (χ1) is 14.3. The number of thioether (sulfide) groups is 1. The first kappa shape index (κ1) is 22.6. The van der Waals surface area contributed by atoms with Crippen LogP contribution in [0.5, 0.6) is 0 Å². The Balaban J connectivity index is 1.76. The molecule has 0 atom stereocenters. The molecule has 0 aliphatic heterocycles.